The van der Waals surface area contributed by atoms with Gasteiger partial charge in [0.1, 0.15) is 11.6 Å². The van der Waals surface area contributed by atoms with Crippen molar-refractivity contribution in [3.8, 4) is 0 Å². The van der Waals surface area contributed by atoms with Crippen LogP contribution in [0.3, 0.4) is 0 Å². The second-order valence-corrected chi connectivity index (χ2v) is 7.40. The second kappa shape index (κ2) is 7.33. The molecule has 0 radical (unpaired) electrons. The van der Waals surface area contributed by atoms with Crippen LogP contribution in [0.2, 0.25) is 5.02 Å². The van der Waals surface area contributed by atoms with Crippen LogP contribution in [0.5, 0.6) is 0 Å². The molecule has 6 heteroatoms. The topological polar surface area (TPSA) is 38.3 Å². The highest BCUT2D eigenvalue weighted by molar-refractivity contribution is 6.30. The van der Waals surface area contributed by atoms with Gasteiger partial charge in [0.05, 0.1) is 17.2 Å². The van der Waals surface area contributed by atoms with Crippen LogP contribution in [0.15, 0.2) is 42.5 Å². The smallest absolute Gasteiger partial charge is 0.217 e. The number of carbonyl (C=O) groups is 1. The summed E-state index contributed by atoms with van der Waals surface area (Å²) in [5, 5.41) is 3.02. The minimum atomic E-state index is -0.519. The second-order valence-electron chi connectivity index (χ2n) is 6.99. The average molecular weight is 380 g/mol. The molecule has 0 aliphatic carbocycles. The van der Waals surface area contributed by atoms with E-state index in [1.54, 1.807) is 24.3 Å². The van der Waals surface area contributed by atoms with Crippen molar-refractivity contribution in [1.29, 1.82) is 0 Å². The maximum atomic E-state index is 13.5. The Bertz CT molecular complexity index is 812. The first-order chi connectivity index (χ1) is 12.3. The van der Waals surface area contributed by atoms with Crippen molar-refractivity contribution in [1.82, 2.24) is 5.32 Å². The Labute approximate surface area is 156 Å². The van der Waals surface area contributed by atoms with E-state index >= 15 is 0 Å². The van der Waals surface area contributed by atoms with Gasteiger partial charge in [-0.15, -0.1) is 0 Å². The summed E-state index contributed by atoms with van der Waals surface area (Å²) in [7, 11) is 0. The Hall–Kier alpha value is -1.98. The van der Waals surface area contributed by atoms with Gasteiger partial charge >= 0.3 is 0 Å². The normalized spacial score (nSPS) is 25.7. The first-order valence-corrected chi connectivity index (χ1v) is 8.78. The van der Waals surface area contributed by atoms with Crippen molar-refractivity contribution < 1.29 is 18.3 Å². The van der Waals surface area contributed by atoms with Crippen molar-refractivity contribution >= 4 is 17.5 Å². The van der Waals surface area contributed by atoms with E-state index in [4.69, 9.17) is 16.3 Å². The summed E-state index contributed by atoms with van der Waals surface area (Å²) in [5.41, 5.74) is 1.04. The average Bonchev–Trinajstić information content (AvgIpc) is 2.56. The van der Waals surface area contributed by atoms with Crippen molar-refractivity contribution in [3.63, 3.8) is 0 Å². The lowest BCUT2D eigenvalue weighted by atomic mass is 9.81. The van der Waals surface area contributed by atoms with Gasteiger partial charge in [0.2, 0.25) is 5.91 Å². The largest absolute Gasteiger partial charge is 0.365 e. The third kappa shape index (κ3) is 4.22. The summed E-state index contributed by atoms with van der Waals surface area (Å²) in [4.78, 5) is 11.7. The Balaban J connectivity index is 1.94. The number of hydrogen-bond acceptors (Lipinski definition) is 2. The zero-order chi connectivity index (χ0) is 18.9. The Morgan fingerprint density at radius 1 is 1.12 bits per heavy atom. The molecule has 3 rings (SSSR count). The van der Waals surface area contributed by atoms with Crippen LogP contribution in [-0.4, -0.2) is 11.4 Å². The zero-order valence-electron chi connectivity index (χ0n) is 14.6. The molecule has 1 heterocycles. The number of ether oxygens (including phenoxy) is 1. The fraction of sp³-hybridized carbons (Fsp3) is 0.350. The zero-order valence-corrected chi connectivity index (χ0v) is 15.3. The number of carbonyl (C=O) groups excluding carboxylic acids is 1. The van der Waals surface area contributed by atoms with Crippen LogP contribution >= 0.6 is 11.6 Å². The van der Waals surface area contributed by atoms with Gasteiger partial charge in [-0.3, -0.25) is 4.79 Å². The molecule has 0 aromatic heterocycles. The standard InChI is InChI=1S/C20H20ClF2NO2/c1-12(25)24-20(2)10-18(13-3-6-15(22)7-4-13)26-19(11-20)14-5-8-17(23)16(21)9-14/h3-9,18-19H,10-11H2,1-2H3,(H,24,25)/t18-,19+,20-/m0/s1. The van der Waals surface area contributed by atoms with E-state index in [2.05, 4.69) is 5.32 Å². The van der Waals surface area contributed by atoms with E-state index in [9.17, 15) is 13.6 Å². The van der Waals surface area contributed by atoms with Crippen LogP contribution in [0, 0.1) is 11.6 Å². The van der Waals surface area contributed by atoms with Crippen molar-refractivity contribution in [3.05, 3.63) is 70.2 Å². The van der Waals surface area contributed by atoms with Crippen LogP contribution in [0.4, 0.5) is 8.78 Å². The van der Waals surface area contributed by atoms with Crippen molar-refractivity contribution in [2.45, 2.75) is 44.4 Å². The summed E-state index contributed by atoms with van der Waals surface area (Å²) >= 11 is 5.92. The fourth-order valence-electron chi connectivity index (χ4n) is 3.51. The molecule has 0 saturated carbocycles. The van der Waals surface area contributed by atoms with Crippen LogP contribution in [0.25, 0.3) is 0 Å². The quantitative estimate of drug-likeness (QED) is 0.805. The summed E-state index contributed by atoms with van der Waals surface area (Å²) in [6.45, 7) is 3.42. The molecule has 26 heavy (non-hydrogen) atoms. The SMILES string of the molecule is CC(=O)N[C@@]1(C)C[C@@H](c2ccc(F)cc2)O[C@@H](c2ccc(F)c(Cl)c2)C1. The minimum Gasteiger partial charge on any atom is -0.365 e. The van der Waals surface area contributed by atoms with Crippen LogP contribution in [-0.2, 0) is 9.53 Å². The Morgan fingerprint density at radius 2 is 1.69 bits per heavy atom. The maximum Gasteiger partial charge on any atom is 0.217 e. The summed E-state index contributed by atoms with van der Waals surface area (Å²) in [6, 6.07) is 10.6. The molecule has 1 aliphatic heterocycles. The van der Waals surface area contributed by atoms with Crippen LogP contribution < -0.4 is 5.32 Å². The van der Waals surface area contributed by atoms with Crippen molar-refractivity contribution in [2.24, 2.45) is 0 Å². The molecule has 2 aromatic rings. The molecule has 3 atom stereocenters. The number of halogens is 3. The molecule has 1 aliphatic rings. The third-order valence-electron chi connectivity index (χ3n) is 4.64. The van der Waals surface area contributed by atoms with E-state index in [-0.39, 0.29) is 29.0 Å². The van der Waals surface area contributed by atoms with Gasteiger partial charge in [-0.05, 0) is 42.3 Å². The van der Waals surface area contributed by atoms with Gasteiger partial charge in [-0.2, -0.15) is 0 Å². The molecule has 0 unspecified atom stereocenters. The van der Waals surface area contributed by atoms with E-state index in [0.717, 1.165) is 11.1 Å². The highest BCUT2D eigenvalue weighted by Crippen LogP contribution is 2.44. The van der Waals surface area contributed by atoms with Gasteiger partial charge in [-0.25, -0.2) is 8.78 Å². The molecule has 1 fully saturated rings. The van der Waals surface area contributed by atoms with Crippen molar-refractivity contribution in [2.75, 3.05) is 0 Å². The fourth-order valence-corrected chi connectivity index (χ4v) is 3.70. The molecular formula is C20H20ClF2NO2. The molecular weight excluding hydrogens is 360 g/mol. The first-order valence-electron chi connectivity index (χ1n) is 8.40. The van der Waals surface area contributed by atoms with Crippen LogP contribution in [0.1, 0.15) is 50.0 Å². The summed E-state index contributed by atoms with van der Waals surface area (Å²) < 4.78 is 33.0. The molecule has 1 saturated heterocycles. The van der Waals surface area contributed by atoms with Gasteiger partial charge in [0.15, 0.2) is 0 Å². The highest BCUT2D eigenvalue weighted by atomic mass is 35.5. The van der Waals surface area contributed by atoms with Gasteiger partial charge in [-0.1, -0.05) is 29.8 Å². The summed E-state index contributed by atoms with van der Waals surface area (Å²) in [6.07, 6.45) is 0.347. The lowest BCUT2D eigenvalue weighted by molar-refractivity contribution is -0.126. The monoisotopic (exact) mass is 379 g/mol. The number of benzene rings is 2. The molecule has 0 spiro atoms. The van der Waals surface area contributed by atoms with E-state index in [1.807, 2.05) is 6.92 Å². The van der Waals surface area contributed by atoms with E-state index in [0.29, 0.717) is 12.8 Å². The van der Waals surface area contributed by atoms with E-state index in [1.165, 1.54) is 25.1 Å². The van der Waals surface area contributed by atoms with Gasteiger partial charge in [0, 0.05) is 25.3 Å². The number of nitrogens with one attached hydrogen (secondary N) is 1. The van der Waals surface area contributed by atoms with Gasteiger partial charge in [0.25, 0.3) is 0 Å². The molecule has 1 amide bonds. The van der Waals surface area contributed by atoms with E-state index < -0.39 is 11.4 Å². The third-order valence-corrected chi connectivity index (χ3v) is 4.93. The minimum absolute atomic E-state index is 0.0243. The molecule has 0 bridgehead atoms. The molecule has 3 nitrogen and oxygen atoms in total. The molecule has 2 aromatic carbocycles. The Kier molecular flexibility index (Phi) is 5.30. The Morgan fingerprint density at radius 3 is 2.27 bits per heavy atom. The number of rotatable bonds is 3. The predicted molar refractivity (Wildman–Crippen MR) is 95.8 cm³/mol. The lowest BCUT2D eigenvalue weighted by Gasteiger charge is -2.43. The summed E-state index contributed by atoms with van der Waals surface area (Å²) in [5.74, 6) is -0.954. The number of amides is 1. The first kappa shape index (κ1) is 18.8. The van der Waals surface area contributed by atoms with Gasteiger partial charge < -0.3 is 10.1 Å². The molecule has 1 N–H and O–H groups in total. The maximum absolute atomic E-state index is 13.5. The molecule has 138 valence electrons. The lowest BCUT2D eigenvalue weighted by Crippen LogP contribution is -2.50. The number of hydrogen-bond donors (Lipinski definition) is 1. The highest BCUT2D eigenvalue weighted by Gasteiger charge is 2.40. The predicted octanol–water partition coefficient (Wildman–Crippen LogP) is 5.11.